The van der Waals surface area contributed by atoms with E-state index in [4.69, 9.17) is 11.6 Å². The Morgan fingerprint density at radius 1 is 1.33 bits per heavy atom. The second-order valence-corrected chi connectivity index (χ2v) is 2.65. The van der Waals surface area contributed by atoms with E-state index in [1.165, 1.54) is 0 Å². The standard InChI is InChI=1S/C9H5ClN.V/c10-8-5-1-3-7-4-2-6-11-9(7)8;/h2-6H;/q-1;. The molecule has 2 rings (SSSR count). The van der Waals surface area contributed by atoms with Gasteiger partial charge in [-0.3, -0.25) is 4.98 Å². The molecule has 0 aliphatic rings. The van der Waals surface area contributed by atoms with Gasteiger partial charge in [0.15, 0.2) is 0 Å². The summed E-state index contributed by atoms with van der Waals surface area (Å²) in [5.74, 6) is 0. The first-order valence-electron chi connectivity index (χ1n) is 3.28. The summed E-state index contributed by atoms with van der Waals surface area (Å²) in [6, 6.07) is 10.4. The van der Waals surface area contributed by atoms with E-state index in [1.54, 1.807) is 12.3 Å². The quantitative estimate of drug-likeness (QED) is 0.613. The second kappa shape index (κ2) is 3.95. The van der Waals surface area contributed by atoms with Crippen molar-refractivity contribution in [3.63, 3.8) is 0 Å². The van der Waals surface area contributed by atoms with Crippen molar-refractivity contribution in [1.82, 2.24) is 4.98 Å². The molecule has 1 nitrogen and oxygen atoms in total. The summed E-state index contributed by atoms with van der Waals surface area (Å²) in [5, 5.41) is 1.68. The Bertz CT molecular complexity index is 384. The Labute approximate surface area is 87.6 Å². The van der Waals surface area contributed by atoms with Crippen LogP contribution in [0.5, 0.6) is 0 Å². The molecule has 0 aliphatic heterocycles. The minimum Gasteiger partial charge on any atom is -0.281 e. The maximum Gasteiger partial charge on any atom is 0.0240 e. The van der Waals surface area contributed by atoms with Crippen molar-refractivity contribution in [2.45, 2.75) is 0 Å². The Kier molecular flexibility index (Phi) is 3.16. The van der Waals surface area contributed by atoms with Crippen molar-refractivity contribution in [3.05, 3.63) is 41.6 Å². The number of rotatable bonds is 0. The third-order valence-electron chi connectivity index (χ3n) is 1.51. The van der Waals surface area contributed by atoms with Crippen LogP contribution in [0, 0.1) is 6.07 Å². The summed E-state index contributed by atoms with van der Waals surface area (Å²) in [7, 11) is 0. The molecule has 0 saturated heterocycles. The monoisotopic (exact) mass is 213 g/mol. The van der Waals surface area contributed by atoms with Gasteiger partial charge in [0, 0.05) is 24.8 Å². The van der Waals surface area contributed by atoms with E-state index in [9.17, 15) is 0 Å². The fourth-order valence-corrected chi connectivity index (χ4v) is 1.23. The number of fused-ring (bicyclic) bond motifs is 1. The van der Waals surface area contributed by atoms with Crippen LogP contribution >= 0.6 is 11.6 Å². The summed E-state index contributed by atoms with van der Waals surface area (Å²) in [5.41, 5.74) is 0.841. The third-order valence-corrected chi connectivity index (χ3v) is 1.80. The number of hydrogen-bond donors (Lipinski definition) is 0. The molecule has 0 unspecified atom stereocenters. The summed E-state index contributed by atoms with van der Waals surface area (Å²) in [6.07, 6.45) is 1.73. The first-order chi connectivity index (χ1) is 5.38. The minimum absolute atomic E-state index is 0. The first kappa shape index (κ1) is 9.59. The van der Waals surface area contributed by atoms with E-state index in [-0.39, 0.29) is 18.6 Å². The zero-order valence-electron chi connectivity index (χ0n) is 6.16. The third kappa shape index (κ3) is 1.64. The molecular formula is C9H5ClNV-. The fourth-order valence-electron chi connectivity index (χ4n) is 1.01. The molecule has 0 fully saturated rings. The van der Waals surface area contributed by atoms with Crippen molar-refractivity contribution >= 4 is 22.5 Å². The van der Waals surface area contributed by atoms with Crippen molar-refractivity contribution in [2.24, 2.45) is 0 Å². The molecule has 1 aromatic heterocycles. The number of nitrogens with zero attached hydrogens (tertiary/aromatic N) is 1. The van der Waals surface area contributed by atoms with E-state index >= 15 is 0 Å². The van der Waals surface area contributed by atoms with Gasteiger partial charge in [0.2, 0.25) is 0 Å². The summed E-state index contributed by atoms with van der Waals surface area (Å²) in [4.78, 5) is 4.13. The molecule has 0 aliphatic carbocycles. The molecule has 0 spiro atoms. The minimum atomic E-state index is 0. The van der Waals surface area contributed by atoms with Gasteiger partial charge in [-0.1, -0.05) is 6.07 Å². The number of benzene rings is 1. The van der Waals surface area contributed by atoms with E-state index in [0.717, 1.165) is 10.9 Å². The van der Waals surface area contributed by atoms with Gasteiger partial charge in [-0.25, -0.2) is 0 Å². The average molecular weight is 214 g/mol. The Hall–Kier alpha value is -0.496. The Morgan fingerprint density at radius 3 is 2.92 bits per heavy atom. The zero-order valence-corrected chi connectivity index (χ0v) is 8.31. The number of pyridine rings is 1. The van der Waals surface area contributed by atoms with Crippen molar-refractivity contribution in [1.29, 1.82) is 0 Å². The van der Waals surface area contributed by atoms with Gasteiger partial charge in [-0.15, -0.1) is 11.5 Å². The molecule has 1 radical (unpaired) electrons. The summed E-state index contributed by atoms with van der Waals surface area (Å²) < 4.78 is 0. The van der Waals surface area contributed by atoms with Crippen molar-refractivity contribution in [3.8, 4) is 0 Å². The van der Waals surface area contributed by atoms with Crippen LogP contribution < -0.4 is 0 Å². The van der Waals surface area contributed by atoms with Gasteiger partial charge in [0.25, 0.3) is 0 Å². The predicted molar refractivity (Wildman–Crippen MR) is 45.6 cm³/mol. The van der Waals surface area contributed by atoms with Crippen LogP contribution in [-0.2, 0) is 18.6 Å². The molecule has 1 heterocycles. The summed E-state index contributed by atoms with van der Waals surface area (Å²) >= 11 is 5.86. The Balaban J connectivity index is 0.000000720. The molecule has 59 valence electrons. The van der Waals surface area contributed by atoms with Crippen LogP contribution in [-0.4, -0.2) is 4.98 Å². The average Bonchev–Trinajstić information content (AvgIpc) is 2.06. The van der Waals surface area contributed by atoms with Crippen LogP contribution in [0.2, 0.25) is 5.02 Å². The van der Waals surface area contributed by atoms with Gasteiger partial charge < -0.3 is 0 Å². The van der Waals surface area contributed by atoms with Gasteiger partial charge >= 0.3 is 0 Å². The molecule has 0 saturated carbocycles. The van der Waals surface area contributed by atoms with Gasteiger partial charge in [0.05, 0.1) is 0 Å². The van der Waals surface area contributed by atoms with E-state index < -0.39 is 0 Å². The van der Waals surface area contributed by atoms with Gasteiger partial charge in [0.1, 0.15) is 0 Å². The molecular weight excluding hydrogens is 209 g/mol. The second-order valence-electron chi connectivity index (χ2n) is 2.24. The maximum atomic E-state index is 5.86. The molecule has 12 heavy (non-hydrogen) atoms. The van der Waals surface area contributed by atoms with Gasteiger partial charge in [-0.05, 0) is 10.5 Å². The molecule has 0 amide bonds. The van der Waals surface area contributed by atoms with Crippen LogP contribution in [0.3, 0.4) is 0 Å². The number of hydrogen-bond acceptors (Lipinski definition) is 1. The van der Waals surface area contributed by atoms with Gasteiger partial charge in [-0.2, -0.15) is 29.8 Å². The van der Waals surface area contributed by atoms with Crippen LogP contribution in [0.25, 0.3) is 10.9 Å². The number of aromatic nitrogens is 1. The summed E-state index contributed by atoms with van der Waals surface area (Å²) in [6.45, 7) is 0. The molecule has 0 N–H and O–H groups in total. The molecule has 1 aromatic carbocycles. The van der Waals surface area contributed by atoms with E-state index in [1.807, 2.05) is 18.2 Å². The normalized spacial score (nSPS) is 9.42. The predicted octanol–water partition coefficient (Wildman–Crippen LogP) is 2.69. The largest absolute Gasteiger partial charge is 0.281 e. The molecule has 2 aromatic rings. The van der Waals surface area contributed by atoms with Crippen molar-refractivity contribution in [2.75, 3.05) is 0 Å². The SMILES string of the molecule is Clc1c[c-]cc2cccnc12.[V]. The molecule has 0 atom stereocenters. The molecule has 0 bridgehead atoms. The zero-order chi connectivity index (χ0) is 7.68. The maximum absolute atomic E-state index is 5.86. The first-order valence-corrected chi connectivity index (χ1v) is 3.66. The van der Waals surface area contributed by atoms with Crippen molar-refractivity contribution < 1.29 is 18.6 Å². The van der Waals surface area contributed by atoms with E-state index in [0.29, 0.717) is 5.02 Å². The van der Waals surface area contributed by atoms with E-state index in [2.05, 4.69) is 11.1 Å². The fraction of sp³-hybridized carbons (Fsp3) is 0. The smallest absolute Gasteiger partial charge is 0.0240 e. The molecule has 3 heteroatoms. The Morgan fingerprint density at radius 2 is 2.17 bits per heavy atom. The topological polar surface area (TPSA) is 12.9 Å². The van der Waals surface area contributed by atoms with Crippen LogP contribution in [0.1, 0.15) is 0 Å². The number of halogens is 1. The van der Waals surface area contributed by atoms with Crippen LogP contribution in [0.15, 0.2) is 30.5 Å². The van der Waals surface area contributed by atoms with Crippen LogP contribution in [0.4, 0.5) is 0 Å².